The molecule has 0 aromatic carbocycles. The van der Waals surface area contributed by atoms with Gasteiger partial charge in [0.25, 0.3) is 0 Å². The molecule has 0 radical (unpaired) electrons. The molecule has 0 unspecified atom stereocenters. The van der Waals surface area contributed by atoms with Crippen LogP contribution in [0.5, 0.6) is 0 Å². The second kappa shape index (κ2) is 6.41. The molecule has 0 aliphatic carbocycles. The molecule has 2 aromatic heterocycles. The van der Waals surface area contributed by atoms with Crippen LogP contribution in [-0.4, -0.2) is 25.9 Å². The Bertz CT molecular complexity index is 570. The largest absolute Gasteiger partial charge is 0.329 e. The third-order valence-corrected chi connectivity index (χ3v) is 3.71. The number of aryl methyl sites for hydroxylation is 2. The van der Waals surface area contributed by atoms with Gasteiger partial charge in [-0.25, -0.2) is 4.98 Å². The molecular formula is C14H22ClN5. The molecule has 20 heavy (non-hydrogen) atoms. The van der Waals surface area contributed by atoms with Crippen LogP contribution >= 0.6 is 11.6 Å². The summed E-state index contributed by atoms with van der Waals surface area (Å²) in [5, 5.41) is 8.44. The molecule has 0 aliphatic rings. The van der Waals surface area contributed by atoms with E-state index in [4.69, 9.17) is 11.6 Å². The van der Waals surface area contributed by atoms with Crippen LogP contribution in [0, 0.1) is 12.8 Å². The van der Waals surface area contributed by atoms with Crippen LogP contribution in [-0.2, 0) is 20.1 Å². The van der Waals surface area contributed by atoms with E-state index in [-0.39, 0.29) is 0 Å². The minimum atomic E-state index is 0.633. The second-order valence-electron chi connectivity index (χ2n) is 5.47. The molecule has 6 heteroatoms. The summed E-state index contributed by atoms with van der Waals surface area (Å²) in [6.07, 6.45) is 3.81. The van der Waals surface area contributed by atoms with Crippen LogP contribution in [0.2, 0.25) is 5.15 Å². The highest BCUT2D eigenvalue weighted by Gasteiger charge is 2.13. The molecule has 0 amide bonds. The van der Waals surface area contributed by atoms with Gasteiger partial charge in [0.2, 0.25) is 0 Å². The number of nitrogens with zero attached hydrogens (tertiary/aromatic N) is 4. The van der Waals surface area contributed by atoms with Gasteiger partial charge in [0, 0.05) is 25.0 Å². The van der Waals surface area contributed by atoms with E-state index in [1.54, 1.807) is 4.68 Å². The maximum atomic E-state index is 6.28. The topological polar surface area (TPSA) is 47.7 Å². The molecule has 0 aliphatic heterocycles. The van der Waals surface area contributed by atoms with E-state index in [0.29, 0.717) is 17.6 Å². The first-order valence-electron chi connectivity index (χ1n) is 6.87. The highest BCUT2D eigenvalue weighted by molar-refractivity contribution is 6.30. The molecule has 2 rings (SSSR count). The lowest BCUT2D eigenvalue weighted by atomic mass is 10.2. The van der Waals surface area contributed by atoms with Crippen LogP contribution in [0.1, 0.15) is 30.9 Å². The predicted molar refractivity (Wildman–Crippen MR) is 80.8 cm³/mol. The van der Waals surface area contributed by atoms with Gasteiger partial charge in [0.1, 0.15) is 11.0 Å². The van der Waals surface area contributed by atoms with Crippen molar-refractivity contribution in [3.8, 4) is 0 Å². The summed E-state index contributed by atoms with van der Waals surface area (Å²) >= 11 is 6.28. The van der Waals surface area contributed by atoms with E-state index in [1.807, 2.05) is 26.4 Å². The van der Waals surface area contributed by atoms with E-state index < -0.39 is 0 Å². The Kier molecular flexibility index (Phi) is 4.83. The number of nitrogens with one attached hydrogen (secondary N) is 1. The van der Waals surface area contributed by atoms with Crippen LogP contribution in [0.4, 0.5) is 0 Å². The third kappa shape index (κ3) is 3.41. The molecule has 0 saturated heterocycles. The number of halogens is 1. The summed E-state index contributed by atoms with van der Waals surface area (Å²) < 4.78 is 3.82. The van der Waals surface area contributed by atoms with Crippen molar-refractivity contribution < 1.29 is 0 Å². The van der Waals surface area contributed by atoms with Gasteiger partial charge in [0.05, 0.1) is 18.8 Å². The Morgan fingerprint density at radius 1 is 1.40 bits per heavy atom. The Hall–Kier alpha value is -1.33. The Labute approximate surface area is 125 Å². The zero-order chi connectivity index (χ0) is 14.7. The van der Waals surface area contributed by atoms with Crippen LogP contribution in [0.25, 0.3) is 0 Å². The first kappa shape index (κ1) is 15.1. The third-order valence-electron chi connectivity index (χ3n) is 3.24. The monoisotopic (exact) mass is 295 g/mol. The molecule has 5 nitrogen and oxygen atoms in total. The zero-order valence-corrected chi connectivity index (χ0v) is 13.3. The van der Waals surface area contributed by atoms with E-state index >= 15 is 0 Å². The van der Waals surface area contributed by atoms with Gasteiger partial charge in [-0.3, -0.25) is 4.68 Å². The van der Waals surface area contributed by atoms with Crippen LogP contribution < -0.4 is 5.32 Å². The van der Waals surface area contributed by atoms with Crippen molar-refractivity contribution >= 4 is 11.6 Å². The van der Waals surface area contributed by atoms with Gasteiger partial charge >= 0.3 is 0 Å². The average molecular weight is 296 g/mol. The highest BCUT2D eigenvalue weighted by Crippen LogP contribution is 2.20. The Morgan fingerprint density at radius 3 is 2.75 bits per heavy atom. The van der Waals surface area contributed by atoms with Gasteiger partial charge in [-0.15, -0.1) is 0 Å². The second-order valence-corrected chi connectivity index (χ2v) is 5.83. The molecule has 1 N–H and O–H groups in total. The fourth-order valence-electron chi connectivity index (χ4n) is 2.15. The number of hydrogen-bond donors (Lipinski definition) is 1. The lowest BCUT2D eigenvalue weighted by Gasteiger charge is -2.10. The molecule has 0 bridgehead atoms. The molecule has 2 aromatic rings. The van der Waals surface area contributed by atoms with Crippen molar-refractivity contribution in [3.63, 3.8) is 0 Å². The van der Waals surface area contributed by atoms with Crippen molar-refractivity contribution in [2.75, 3.05) is 6.54 Å². The maximum absolute atomic E-state index is 6.28. The molecule has 0 saturated carbocycles. The molecule has 2 heterocycles. The summed E-state index contributed by atoms with van der Waals surface area (Å²) in [5.41, 5.74) is 2.02. The summed E-state index contributed by atoms with van der Waals surface area (Å²) in [6.45, 7) is 8.82. The number of imidazole rings is 1. The molecule has 0 spiro atoms. The molecule has 0 atom stereocenters. The number of aromatic nitrogens is 4. The fraction of sp³-hybridized carbons (Fsp3) is 0.571. The summed E-state index contributed by atoms with van der Waals surface area (Å²) in [7, 11) is 1.86. The van der Waals surface area contributed by atoms with Crippen molar-refractivity contribution in [1.29, 1.82) is 0 Å². The Morgan fingerprint density at radius 2 is 2.15 bits per heavy atom. The summed E-state index contributed by atoms with van der Waals surface area (Å²) in [5.74, 6) is 1.65. The van der Waals surface area contributed by atoms with Crippen LogP contribution in [0.3, 0.4) is 0 Å². The van der Waals surface area contributed by atoms with Crippen molar-refractivity contribution in [3.05, 3.63) is 34.6 Å². The Balaban J connectivity index is 2.08. The summed E-state index contributed by atoms with van der Waals surface area (Å²) in [6, 6.07) is 0. The maximum Gasteiger partial charge on any atom is 0.131 e. The molecule has 110 valence electrons. The SMILES string of the molecule is Cc1nn(C)c(Cl)c1Cn1ccnc1CNCC(C)C. The normalized spacial score (nSPS) is 11.5. The number of hydrogen-bond acceptors (Lipinski definition) is 3. The summed E-state index contributed by atoms with van der Waals surface area (Å²) in [4.78, 5) is 4.41. The van der Waals surface area contributed by atoms with Gasteiger partial charge in [-0.2, -0.15) is 5.10 Å². The molecular weight excluding hydrogens is 274 g/mol. The van der Waals surface area contributed by atoms with Crippen molar-refractivity contribution in [2.24, 2.45) is 13.0 Å². The highest BCUT2D eigenvalue weighted by atomic mass is 35.5. The van der Waals surface area contributed by atoms with Gasteiger partial charge in [-0.05, 0) is 19.4 Å². The molecule has 0 fully saturated rings. The first-order chi connectivity index (χ1) is 9.49. The zero-order valence-electron chi connectivity index (χ0n) is 12.5. The van der Waals surface area contributed by atoms with E-state index in [0.717, 1.165) is 30.2 Å². The van der Waals surface area contributed by atoms with Crippen molar-refractivity contribution in [1.82, 2.24) is 24.6 Å². The van der Waals surface area contributed by atoms with Crippen LogP contribution in [0.15, 0.2) is 12.4 Å². The minimum absolute atomic E-state index is 0.633. The lowest BCUT2D eigenvalue weighted by molar-refractivity contribution is 0.533. The van der Waals surface area contributed by atoms with E-state index in [1.165, 1.54) is 0 Å². The average Bonchev–Trinajstić information content (AvgIpc) is 2.90. The fourth-order valence-corrected chi connectivity index (χ4v) is 2.38. The number of rotatable bonds is 6. The first-order valence-corrected chi connectivity index (χ1v) is 7.25. The van der Waals surface area contributed by atoms with Crippen molar-refractivity contribution in [2.45, 2.75) is 33.9 Å². The van der Waals surface area contributed by atoms with Gasteiger partial charge in [-0.1, -0.05) is 25.4 Å². The standard InChI is InChI=1S/C14H22ClN5/c1-10(2)7-16-8-13-17-5-6-20(13)9-12-11(3)18-19(4)14(12)15/h5-6,10,16H,7-9H2,1-4H3. The van der Waals surface area contributed by atoms with Gasteiger partial charge < -0.3 is 9.88 Å². The quantitative estimate of drug-likeness (QED) is 0.890. The van der Waals surface area contributed by atoms with Gasteiger partial charge in [0.15, 0.2) is 0 Å². The predicted octanol–water partition coefficient (Wildman–Crippen LogP) is 2.37. The smallest absolute Gasteiger partial charge is 0.131 e. The van der Waals surface area contributed by atoms with E-state index in [9.17, 15) is 0 Å². The minimum Gasteiger partial charge on any atom is -0.329 e. The lowest BCUT2D eigenvalue weighted by Crippen LogP contribution is -2.21. The van der Waals surface area contributed by atoms with E-state index in [2.05, 4.69) is 33.8 Å².